The molecule has 0 saturated carbocycles. The van der Waals surface area contributed by atoms with Crippen molar-refractivity contribution < 1.29 is 36.9 Å². The lowest BCUT2D eigenvalue weighted by Gasteiger charge is -2.16. The molecule has 6 nitrogen and oxygen atoms in total. The average Bonchev–Trinajstić information content (AvgIpc) is 2.74. The number of ether oxygens (including phenoxy) is 4. The lowest BCUT2D eigenvalue weighted by atomic mass is 10.0. The fourth-order valence-corrected chi connectivity index (χ4v) is 3.03. The van der Waals surface area contributed by atoms with Gasteiger partial charge in [-0.05, 0) is 37.1 Å². The Morgan fingerprint density at radius 2 is 1.68 bits per heavy atom. The second-order valence-corrected chi connectivity index (χ2v) is 6.81. The van der Waals surface area contributed by atoms with Crippen LogP contribution in [0.15, 0.2) is 36.4 Å². The van der Waals surface area contributed by atoms with E-state index in [1.54, 1.807) is 6.07 Å². The second kappa shape index (κ2) is 10.9. The van der Waals surface area contributed by atoms with E-state index in [1.807, 2.05) is 6.92 Å². The molecule has 1 unspecified atom stereocenters. The minimum atomic E-state index is -4.37. The number of carbonyl (C=O) groups excluding carboxylic acids is 1. The Morgan fingerprint density at radius 3 is 2.23 bits per heavy atom. The molecule has 0 amide bonds. The molecule has 31 heavy (non-hydrogen) atoms. The number of hydrogen-bond donors (Lipinski definition) is 1. The monoisotopic (exact) mass is 441 g/mol. The third-order valence-electron chi connectivity index (χ3n) is 4.52. The number of nitrogens with one attached hydrogen (secondary N) is 1. The fourth-order valence-electron chi connectivity index (χ4n) is 3.03. The lowest BCUT2D eigenvalue weighted by molar-refractivity contribution is -0.137. The summed E-state index contributed by atoms with van der Waals surface area (Å²) in [5.41, 5.74) is 0.146. The predicted octanol–water partition coefficient (Wildman–Crippen LogP) is 4.11. The highest BCUT2D eigenvalue weighted by Gasteiger charge is 2.30. The summed E-state index contributed by atoms with van der Waals surface area (Å²) >= 11 is 0. The van der Waals surface area contributed by atoms with Crippen LogP contribution in [-0.4, -0.2) is 46.5 Å². The summed E-state index contributed by atoms with van der Waals surface area (Å²) < 4.78 is 59.4. The van der Waals surface area contributed by atoms with Gasteiger partial charge in [-0.15, -0.1) is 0 Å². The van der Waals surface area contributed by atoms with Gasteiger partial charge in [-0.3, -0.25) is 0 Å². The zero-order valence-corrected chi connectivity index (χ0v) is 17.8. The van der Waals surface area contributed by atoms with Crippen molar-refractivity contribution >= 4 is 5.97 Å². The van der Waals surface area contributed by atoms with Crippen LogP contribution in [0.5, 0.6) is 17.2 Å². The average molecular weight is 441 g/mol. The molecule has 1 N–H and O–H groups in total. The molecule has 0 bridgehead atoms. The SMILES string of the molecule is COc1cc(C(=O)OCCNC(C)Cc2cccc(C(F)(F)F)c2)cc(OC)c1OC. The maximum absolute atomic E-state index is 12.8. The van der Waals surface area contributed by atoms with E-state index in [0.29, 0.717) is 35.8 Å². The molecule has 0 aromatic heterocycles. The summed E-state index contributed by atoms with van der Waals surface area (Å²) in [4.78, 5) is 12.3. The van der Waals surface area contributed by atoms with Crippen LogP contribution in [0, 0.1) is 0 Å². The first kappa shape index (κ1) is 24.3. The van der Waals surface area contributed by atoms with Crippen molar-refractivity contribution in [2.45, 2.75) is 25.6 Å². The summed E-state index contributed by atoms with van der Waals surface area (Å²) in [7, 11) is 4.36. The standard InChI is InChI=1S/C22H26F3NO5/c1-14(10-15-6-5-7-17(11-15)22(23,24)25)26-8-9-31-21(27)16-12-18(28-2)20(30-4)19(13-16)29-3/h5-7,11-14,26H,8-10H2,1-4H3. The van der Waals surface area contributed by atoms with Gasteiger partial charge >= 0.3 is 12.1 Å². The summed E-state index contributed by atoms with van der Waals surface area (Å²) in [6.45, 7) is 2.28. The number of esters is 1. The van der Waals surface area contributed by atoms with Crippen molar-refractivity contribution in [3.63, 3.8) is 0 Å². The number of rotatable bonds is 10. The molecule has 2 rings (SSSR count). The van der Waals surface area contributed by atoms with Crippen molar-refractivity contribution in [2.24, 2.45) is 0 Å². The van der Waals surface area contributed by atoms with Gasteiger partial charge in [0.15, 0.2) is 11.5 Å². The largest absolute Gasteiger partial charge is 0.493 e. The molecule has 2 aromatic carbocycles. The molecular formula is C22H26F3NO5. The molecule has 0 fully saturated rings. The van der Waals surface area contributed by atoms with Crippen LogP contribution >= 0.6 is 0 Å². The highest BCUT2D eigenvalue weighted by molar-refractivity contribution is 5.91. The molecule has 2 aromatic rings. The van der Waals surface area contributed by atoms with E-state index >= 15 is 0 Å². The first-order valence-electron chi connectivity index (χ1n) is 9.56. The number of carbonyl (C=O) groups is 1. The third kappa shape index (κ3) is 6.78. The number of benzene rings is 2. The molecular weight excluding hydrogens is 415 g/mol. The molecule has 0 heterocycles. The van der Waals surface area contributed by atoms with Gasteiger partial charge in [0.2, 0.25) is 5.75 Å². The minimum absolute atomic E-state index is 0.0857. The van der Waals surface area contributed by atoms with E-state index in [4.69, 9.17) is 18.9 Å². The Balaban J connectivity index is 1.87. The maximum Gasteiger partial charge on any atom is 0.416 e. The molecule has 170 valence electrons. The van der Waals surface area contributed by atoms with Crippen molar-refractivity contribution in [1.29, 1.82) is 0 Å². The zero-order valence-electron chi connectivity index (χ0n) is 17.8. The molecule has 0 aliphatic rings. The molecule has 0 radical (unpaired) electrons. The quantitative estimate of drug-likeness (QED) is 0.442. The van der Waals surface area contributed by atoms with Gasteiger partial charge in [0.25, 0.3) is 0 Å². The van der Waals surface area contributed by atoms with Gasteiger partial charge in [0.05, 0.1) is 32.5 Å². The summed E-state index contributed by atoms with van der Waals surface area (Å²) in [6, 6.07) is 8.11. The Hall–Kier alpha value is -2.94. The van der Waals surface area contributed by atoms with E-state index in [9.17, 15) is 18.0 Å². The van der Waals surface area contributed by atoms with E-state index in [1.165, 1.54) is 39.5 Å². The van der Waals surface area contributed by atoms with Crippen LogP contribution in [0.4, 0.5) is 13.2 Å². The van der Waals surface area contributed by atoms with Crippen LogP contribution < -0.4 is 19.5 Å². The van der Waals surface area contributed by atoms with Crippen LogP contribution in [-0.2, 0) is 17.3 Å². The first-order chi connectivity index (χ1) is 14.7. The van der Waals surface area contributed by atoms with Gasteiger partial charge in [-0.2, -0.15) is 13.2 Å². The van der Waals surface area contributed by atoms with Gasteiger partial charge in [-0.1, -0.05) is 18.2 Å². The Labute approximate surface area is 179 Å². The molecule has 1 atom stereocenters. The van der Waals surface area contributed by atoms with Crippen LogP contribution in [0.3, 0.4) is 0 Å². The number of halogens is 3. The van der Waals surface area contributed by atoms with Crippen molar-refractivity contribution in [3.8, 4) is 17.2 Å². The van der Waals surface area contributed by atoms with Gasteiger partial charge in [-0.25, -0.2) is 4.79 Å². The van der Waals surface area contributed by atoms with Gasteiger partial charge in [0.1, 0.15) is 6.61 Å². The van der Waals surface area contributed by atoms with Gasteiger partial charge in [0, 0.05) is 12.6 Å². The third-order valence-corrected chi connectivity index (χ3v) is 4.52. The van der Waals surface area contributed by atoms with Crippen LogP contribution in [0.1, 0.15) is 28.4 Å². The van der Waals surface area contributed by atoms with Crippen LogP contribution in [0.25, 0.3) is 0 Å². The van der Waals surface area contributed by atoms with Gasteiger partial charge < -0.3 is 24.3 Å². The number of hydrogen-bond acceptors (Lipinski definition) is 6. The van der Waals surface area contributed by atoms with E-state index in [2.05, 4.69) is 5.32 Å². The lowest BCUT2D eigenvalue weighted by Crippen LogP contribution is -2.31. The maximum atomic E-state index is 12.8. The molecule has 0 aliphatic carbocycles. The summed E-state index contributed by atoms with van der Waals surface area (Å²) in [5, 5.41) is 3.13. The van der Waals surface area contributed by atoms with Crippen molar-refractivity contribution in [1.82, 2.24) is 5.32 Å². The molecule has 0 spiro atoms. The van der Waals surface area contributed by atoms with E-state index < -0.39 is 17.7 Å². The first-order valence-corrected chi connectivity index (χ1v) is 9.56. The van der Waals surface area contributed by atoms with Crippen molar-refractivity contribution in [3.05, 3.63) is 53.1 Å². The Morgan fingerprint density at radius 1 is 1.03 bits per heavy atom. The zero-order chi connectivity index (χ0) is 23.0. The molecule has 0 saturated heterocycles. The van der Waals surface area contributed by atoms with E-state index in [-0.39, 0.29) is 18.2 Å². The van der Waals surface area contributed by atoms with E-state index in [0.717, 1.165) is 12.1 Å². The Bertz CT molecular complexity index is 861. The summed E-state index contributed by atoms with van der Waals surface area (Å²) in [5.74, 6) is 0.474. The predicted molar refractivity (Wildman–Crippen MR) is 109 cm³/mol. The van der Waals surface area contributed by atoms with Crippen LogP contribution in [0.2, 0.25) is 0 Å². The molecule has 0 aliphatic heterocycles. The summed E-state index contributed by atoms with van der Waals surface area (Å²) in [6.07, 6.45) is -3.96. The fraction of sp³-hybridized carbons (Fsp3) is 0.409. The highest BCUT2D eigenvalue weighted by Crippen LogP contribution is 2.38. The molecule has 9 heteroatoms. The van der Waals surface area contributed by atoms with Crippen molar-refractivity contribution in [2.75, 3.05) is 34.5 Å². The second-order valence-electron chi connectivity index (χ2n) is 6.81. The number of methoxy groups -OCH3 is 3. The normalized spacial score (nSPS) is 12.2. The topological polar surface area (TPSA) is 66.0 Å². The smallest absolute Gasteiger partial charge is 0.416 e. The number of alkyl halides is 3. The minimum Gasteiger partial charge on any atom is -0.493 e. The highest BCUT2D eigenvalue weighted by atomic mass is 19.4. The Kier molecular flexibility index (Phi) is 8.56.